The van der Waals surface area contributed by atoms with Crippen molar-refractivity contribution in [2.75, 3.05) is 11.9 Å². The first kappa shape index (κ1) is 21.1. The molecule has 0 unspecified atom stereocenters. The molecule has 0 atom stereocenters. The van der Waals surface area contributed by atoms with E-state index in [-0.39, 0.29) is 12.5 Å². The van der Waals surface area contributed by atoms with Crippen LogP contribution in [0.3, 0.4) is 0 Å². The lowest BCUT2D eigenvalue weighted by atomic mass is 10.1. The summed E-state index contributed by atoms with van der Waals surface area (Å²) in [5.74, 6) is 0.530. The molecular formula is C24H26N4O2S. The minimum Gasteiger partial charge on any atom is -0.482 e. The number of carbonyl (C=O) groups excluding carboxylic acids is 1. The van der Waals surface area contributed by atoms with E-state index in [1.54, 1.807) is 11.3 Å². The van der Waals surface area contributed by atoms with E-state index in [9.17, 15) is 4.79 Å². The number of ether oxygens (including phenoxy) is 1. The molecule has 0 fully saturated rings. The van der Waals surface area contributed by atoms with Gasteiger partial charge < -0.3 is 10.1 Å². The van der Waals surface area contributed by atoms with Crippen LogP contribution in [0.2, 0.25) is 0 Å². The zero-order valence-corrected chi connectivity index (χ0v) is 19.0. The molecule has 0 radical (unpaired) electrons. The number of nitrogens with one attached hydrogen (secondary N) is 1. The summed E-state index contributed by atoms with van der Waals surface area (Å²) < 4.78 is 7.41. The number of anilines is 1. The number of benzene rings is 2. The Labute approximate surface area is 185 Å². The van der Waals surface area contributed by atoms with Crippen LogP contribution in [0.5, 0.6) is 5.75 Å². The number of hydrogen-bond acceptors (Lipinski definition) is 5. The third kappa shape index (κ3) is 4.46. The van der Waals surface area contributed by atoms with E-state index >= 15 is 0 Å². The molecular weight excluding hydrogens is 408 g/mol. The zero-order valence-electron chi connectivity index (χ0n) is 18.2. The highest BCUT2D eigenvalue weighted by Crippen LogP contribution is 2.33. The molecule has 0 spiro atoms. The van der Waals surface area contributed by atoms with Crippen LogP contribution in [0.1, 0.15) is 37.8 Å². The van der Waals surface area contributed by atoms with Gasteiger partial charge in [0.05, 0.1) is 17.1 Å². The van der Waals surface area contributed by atoms with Gasteiger partial charge in [0.25, 0.3) is 5.91 Å². The van der Waals surface area contributed by atoms with Gasteiger partial charge in [-0.2, -0.15) is 5.10 Å². The average molecular weight is 435 g/mol. The molecule has 1 N–H and O–H groups in total. The summed E-state index contributed by atoms with van der Waals surface area (Å²) in [6.07, 6.45) is 1.74. The van der Waals surface area contributed by atoms with Crippen molar-refractivity contribution in [3.8, 4) is 17.0 Å². The van der Waals surface area contributed by atoms with Crippen molar-refractivity contribution in [3.63, 3.8) is 0 Å². The molecule has 2 heterocycles. The molecule has 1 aliphatic heterocycles. The number of aryl methyl sites for hydroxylation is 2. The Hall–Kier alpha value is -3.19. The summed E-state index contributed by atoms with van der Waals surface area (Å²) in [6.45, 7) is 8.46. The molecule has 0 saturated carbocycles. The van der Waals surface area contributed by atoms with E-state index < -0.39 is 0 Å². The highest BCUT2D eigenvalue weighted by atomic mass is 32.1. The average Bonchev–Trinajstić information content (AvgIpc) is 3.16. The van der Waals surface area contributed by atoms with Crippen molar-refractivity contribution in [2.45, 2.75) is 40.5 Å². The smallest absolute Gasteiger partial charge is 0.262 e. The monoisotopic (exact) mass is 434 g/mol. The zero-order chi connectivity index (χ0) is 22.0. The van der Waals surface area contributed by atoms with E-state index in [0.29, 0.717) is 11.4 Å². The van der Waals surface area contributed by atoms with Crippen LogP contribution in [0.4, 0.5) is 11.4 Å². The number of hydrogen-bond donors (Lipinski definition) is 1. The van der Waals surface area contributed by atoms with Crippen molar-refractivity contribution in [1.29, 1.82) is 0 Å². The van der Waals surface area contributed by atoms with E-state index in [1.807, 2.05) is 28.9 Å². The summed E-state index contributed by atoms with van der Waals surface area (Å²) in [5.41, 5.74) is 6.99. The van der Waals surface area contributed by atoms with Gasteiger partial charge in [-0.05, 0) is 68.1 Å². The van der Waals surface area contributed by atoms with Gasteiger partial charge in [0, 0.05) is 16.7 Å². The van der Waals surface area contributed by atoms with Crippen molar-refractivity contribution < 1.29 is 9.53 Å². The van der Waals surface area contributed by atoms with Crippen LogP contribution < -0.4 is 14.9 Å². The van der Waals surface area contributed by atoms with Crippen molar-refractivity contribution in [1.82, 2.24) is 4.68 Å². The Bertz CT molecular complexity index is 1230. The second kappa shape index (κ2) is 8.89. The lowest BCUT2D eigenvalue weighted by molar-refractivity contribution is -0.118. The Kier molecular flexibility index (Phi) is 6.04. The molecule has 31 heavy (non-hydrogen) atoms. The molecule has 1 aliphatic rings. The Morgan fingerprint density at radius 2 is 1.94 bits per heavy atom. The van der Waals surface area contributed by atoms with Crippen LogP contribution in [-0.4, -0.2) is 22.9 Å². The van der Waals surface area contributed by atoms with Gasteiger partial charge in [-0.15, -0.1) is 11.3 Å². The van der Waals surface area contributed by atoms with Crippen LogP contribution in [0.15, 0.2) is 51.9 Å². The van der Waals surface area contributed by atoms with Crippen molar-refractivity contribution >= 4 is 34.3 Å². The Morgan fingerprint density at radius 3 is 2.68 bits per heavy atom. The molecule has 0 bridgehead atoms. The molecule has 6 nitrogen and oxygen atoms in total. The van der Waals surface area contributed by atoms with Crippen LogP contribution in [-0.2, 0) is 4.79 Å². The molecule has 4 rings (SSSR count). The van der Waals surface area contributed by atoms with Crippen molar-refractivity contribution in [3.05, 3.63) is 57.7 Å². The van der Waals surface area contributed by atoms with Gasteiger partial charge in [-0.25, -0.2) is 9.67 Å². The fourth-order valence-corrected chi connectivity index (χ4v) is 4.20. The van der Waals surface area contributed by atoms with Gasteiger partial charge in [-0.1, -0.05) is 19.9 Å². The minimum absolute atomic E-state index is 0.0461. The first-order chi connectivity index (χ1) is 15.0. The van der Waals surface area contributed by atoms with E-state index in [0.717, 1.165) is 40.3 Å². The maximum Gasteiger partial charge on any atom is 0.262 e. The SMILES string of the molecule is CCC(CC)=Nn1c(-c2ccc3c(c2)NC(=O)CO3)csc1=Nc1ccc(C)c(C)c1. The highest BCUT2D eigenvalue weighted by molar-refractivity contribution is 7.07. The molecule has 2 aromatic carbocycles. The number of aromatic nitrogens is 1. The summed E-state index contributed by atoms with van der Waals surface area (Å²) in [6, 6.07) is 12.0. The number of nitrogens with zero attached hydrogens (tertiary/aromatic N) is 3. The Morgan fingerprint density at radius 1 is 1.13 bits per heavy atom. The fraction of sp³-hybridized carbons (Fsp3) is 0.292. The summed E-state index contributed by atoms with van der Waals surface area (Å²) in [7, 11) is 0. The molecule has 1 aromatic heterocycles. The Balaban J connectivity index is 1.86. The summed E-state index contributed by atoms with van der Waals surface area (Å²) >= 11 is 1.55. The molecule has 0 aliphatic carbocycles. The highest BCUT2D eigenvalue weighted by Gasteiger charge is 2.18. The maximum absolute atomic E-state index is 11.7. The van der Waals surface area contributed by atoms with Gasteiger partial charge in [0.2, 0.25) is 4.80 Å². The number of fused-ring (bicyclic) bond motifs is 1. The largest absolute Gasteiger partial charge is 0.482 e. The van der Waals surface area contributed by atoms with E-state index in [1.165, 1.54) is 11.1 Å². The van der Waals surface area contributed by atoms with Crippen molar-refractivity contribution in [2.24, 2.45) is 10.1 Å². The lowest BCUT2D eigenvalue weighted by Gasteiger charge is -2.18. The summed E-state index contributed by atoms with van der Waals surface area (Å²) in [4.78, 5) is 17.4. The number of carbonyl (C=O) groups is 1. The van der Waals surface area contributed by atoms with Gasteiger partial charge in [0.1, 0.15) is 5.75 Å². The molecule has 0 saturated heterocycles. The molecule has 3 aromatic rings. The van der Waals surface area contributed by atoms with Gasteiger partial charge in [-0.3, -0.25) is 4.79 Å². The third-order valence-electron chi connectivity index (χ3n) is 5.37. The normalized spacial score (nSPS) is 13.4. The minimum atomic E-state index is -0.148. The quantitative estimate of drug-likeness (QED) is 0.545. The number of amides is 1. The standard InChI is InChI=1S/C24H26N4O2S/c1-5-18(6-2)27-28-21(17-8-10-22-20(12-17)26-23(29)13-30-22)14-31-24(28)25-19-9-7-15(3)16(4)11-19/h7-12,14H,5-6,13H2,1-4H3,(H,26,29). The van der Waals surface area contributed by atoms with E-state index in [2.05, 4.69) is 50.5 Å². The first-order valence-electron chi connectivity index (χ1n) is 10.4. The number of thiazole rings is 1. The number of rotatable bonds is 5. The maximum atomic E-state index is 11.7. The molecule has 160 valence electrons. The molecule has 7 heteroatoms. The molecule has 1 amide bonds. The van der Waals surface area contributed by atoms with Crippen LogP contribution >= 0.6 is 11.3 Å². The van der Waals surface area contributed by atoms with E-state index in [4.69, 9.17) is 14.8 Å². The topological polar surface area (TPSA) is 68.0 Å². The van der Waals surface area contributed by atoms with Gasteiger partial charge >= 0.3 is 0 Å². The predicted molar refractivity (Wildman–Crippen MR) is 126 cm³/mol. The van der Waals surface area contributed by atoms with Crippen LogP contribution in [0, 0.1) is 13.8 Å². The predicted octanol–water partition coefficient (Wildman–Crippen LogP) is 5.42. The second-order valence-electron chi connectivity index (χ2n) is 7.52. The fourth-order valence-electron chi connectivity index (χ4n) is 3.35. The van der Waals surface area contributed by atoms with Crippen LogP contribution in [0.25, 0.3) is 11.3 Å². The summed E-state index contributed by atoms with van der Waals surface area (Å²) in [5, 5.41) is 9.86. The third-order valence-corrected chi connectivity index (χ3v) is 6.18. The second-order valence-corrected chi connectivity index (χ2v) is 8.35. The first-order valence-corrected chi connectivity index (χ1v) is 11.3. The van der Waals surface area contributed by atoms with Gasteiger partial charge in [0.15, 0.2) is 6.61 Å². The lowest BCUT2D eigenvalue weighted by Crippen LogP contribution is -2.25.